The van der Waals surface area contributed by atoms with Gasteiger partial charge in [-0.05, 0) is 65.0 Å². The lowest BCUT2D eigenvalue weighted by atomic mass is 9.93. The zero-order valence-electron chi connectivity index (χ0n) is 26.7. The van der Waals surface area contributed by atoms with Gasteiger partial charge in [-0.1, -0.05) is 12.6 Å². The Morgan fingerprint density at radius 1 is 0.957 bits per heavy atom. The number of sulfonamides is 1. The molecule has 2 aliphatic rings. The predicted octanol–water partition coefficient (Wildman–Crippen LogP) is 4.51. The van der Waals surface area contributed by atoms with Gasteiger partial charge in [-0.2, -0.15) is 8.42 Å². The van der Waals surface area contributed by atoms with Crippen LogP contribution in [-0.2, 0) is 29.7 Å². The van der Waals surface area contributed by atoms with Crippen LogP contribution in [0.1, 0.15) is 34.6 Å². The van der Waals surface area contributed by atoms with E-state index in [4.69, 9.17) is 9.15 Å². The van der Waals surface area contributed by atoms with E-state index in [1.165, 1.54) is 19.1 Å². The van der Waals surface area contributed by atoms with Crippen LogP contribution < -0.4 is 19.6 Å². The largest absolute Gasteiger partial charge is 0.461 e. The van der Waals surface area contributed by atoms with E-state index in [1.54, 1.807) is 0 Å². The fourth-order valence-corrected chi connectivity index (χ4v) is 7.18. The van der Waals surface area contributed by atoms with Crippen LogP contribution in [0.3, 0.4) is 0 Å². The number of nitrogens with zero attached hydrogens (tertiary/aromatic N) is 2. The first-order valence-electron chi connectivity index (χ1n) is 15.0. The van der Waals surface area contributed by atoms with E-state index in [9.17, 15) is 26.2 Å². The summed E-state index contributed by atoms with van der Waals surface area (Å²) in [6, 6.07) is 14.9. The normalized spacial score (nSPS) is 12.0. The van der Waals surface area contributed by atoms with Crippen LogP contribution in [0, 0.1) is 0 Å². The van der Waals surface area contributed by atoms with Gasteiger partial charge in [0.05, 0.1) is 11.0 Å². The molecule has 0 bridgehead atoms. The second-order valence-electron chi connectivity index (χ2n) is 10.6. The minimum atomic E-state index is -4.92. The van der Waals surface area contributed by atoms with Crippen LogP contribution >= 0.6 is 0 Å². The molecule has 0 aromatic heterocycles. The Hall–Kier alpha value is -4.04. The summed E-state index contributed by atoms with van der Waals surface area (Å²) in [7, 11) is -9.18. The number of carbonyl (C=O) groups is 1. The summed E-state index contributed by atoms with van der Waals surface area (Å²) in [5, 5.41) is 1.50. The average molecular weight is 671 g/mol. The zero-order chi connectivity index (χ0) is 33.8. The average Bonchev–Trinajstić information content (AvgIpc) is 3.02. The molecule has 46 heavy (non-hydrogen) atoms. The SMILES string of the molecule is C=C(C)C(=O)OCCNS(=O)(=O)c1ccc(-c2c3ccc(=[N+](CC)CC)cc-3oc3cc(N(CC)CC)ccc23)c(S(=O)(=O)O)c1. The Morgan fingerprint density at radius 3 is 2.24 bits per heavy atom. The van der Waals surface area contributed by atoms with Gasteiger partial charge < -0.3 is 14.1 Å². The lowest BCUT2D eigenvalue weighted by Crippen LogP contribution is -2.29. The molecule has 0 saturated carbocycles. The van der Waals surface area contributed by atoms with E-state index in [2.05, 4.69) is 20.8 Å². The summed E-state index contributed by atoms with van der Waals surface area (Å²) < 4.78 is 78.2. The highest BCUT2D eigenvalue weighted by Gasteiger charge is 2.27. The van der Waals surface area contributed by atoms with Crippen LogP contribution in [0.25, 0.3) is 33.4 Å². The third-order valence-electron chi connectivity index (χ3n) is 7.73. The molecular weight excluding hydrogens is 631 g/mol. The number of carbonyl (C=O) groups excluding carboxylic acids is 1. The van der Waals surface area contributed by atoms with Crippen molar-refractivity contribution < 1.29 is 35.3 Å². The Bertz CT molecular complexity index is 2040. The highest BCUT2D eigenvalue weighted by Crippen LogP contribution is 2.43. The van der Waals surface area contributed by atoms with Crippen molar-refractivity contribution in [2.75, 3.05) is 44.2 Å². The monoisotopic (exact) mass is 670 g/mol. The lowest BCUT2D eigenvalue weighted by Gasteiger charge is -2.22. The van der Waals surface area contributed by atoms with E-state index in [1.807, 2.05) is 64.1 Å². The quantitative estimate of drug-likeness (QED) is 0.0524. The molecular formula is C33H40N3O8S2+. The van der Waals surface area contributed by atoms with Crippen molar-refractivity contribution in [2.24, 2.45) is 0 Å². The van der Waals surface area contributed by atoms with Gasteiger partial charge >= 0.3 is 5.97 Å². The fourth-order valence-electron chi connectivity index (χ4n) is 5.34. The second-order valence-corrected chi connectivity index (χ2v) is 13.8. The standard InChI is InChI=1S/C33H39N3O8S2/c1-7-35(8-2)23-11-14-26-29(19-23)44-30-20-24(36(9-3)10-4)12-15-27(30)32(26)28-16-13-25(21-31(28)46(40,41)42)45(38,39)34-17-18-43-33(37)22(5)6/h11-16,19-21,34H,5,7-10,17-18H2,1-4,6H3/p+1. The molecule has 0 atom stereocenters. The van der Waals surface area contributed by atoms with E-state index in [-0.39, 0.29) is 24.3 Å². The van der Waals surface area contributed by atoms with Gasteiger partial charge in [0, 0.05) is 65.1 Å². The van der Waals surface area contributed by atoms with Gasteiger partial charge in [-0.15, -0.1) is 0 Å². The molecule has 0 radical (unpaired) electrons. The summed E-state index contributed by atoms with van der Waals surface area (Å²) in [5.74, 6) is -0.174. The number of nitrogens with one attached hydrogen (secondary N) is 1. The lowest BCUT2D eigenvalue weighted by molar-refractivity contribution is -0.138. The summed E-state index contributed by atoms with van der Waals surface area (Å²) in [6.45, 7) is 15.7. The van der Waals surface area contributed by atoms with Crippen molar-refractivity contribution in [1.29, 1.82) is 0 Å². The van der Waals surface area contributed by atoms with E-state index in [0.717, 1.165) is 43.3 Å². The van der Waals surface area contributed by atoms with Gasteiger partial charge in [-0.25, -0.2) is 22.5 Å². The smallest absolute Gasteiger partial charge is 0.333 e. The van der Waals surface area contributed by atoms with Crippen LogP contribution in [0.4, 0.5) is 5.69 Å². The van der Waals surface area contributed by atoms with Gasteiger partial charge in [0.1, 0.15) is 35.9 Å². The van der Waals surface area contributed by atoms with Gasteiger partial charge in [-0.3, -0.25) is 4.55 Å². The van der Waals surface area contributed by atoms with Gasteiger partial charge in [0.2, 0.25) is 15.4 Å². The Morgan fingerprint density at radius 2 is 1.63 bits per heavy atom. The van der Waals surface area contributed by atoms with Crippen molar-refractivity contribution in [2.45, 2.75) is 44.4 Å². The summed E-state index contributed by atoms with van der Waals surface area (Å²) in [4.78, 5) is 12.8. The third kappa shape index (κ3) is 7.33. The maximum atomic E-state index is 13.1. The molecule has 0 saturated heterocycles. The number of esters is 1. The Kier molecular flexibility index (Phi) is 10.7. The van der Waals surface area contributed by atoms with Crippen molar-refractivity contribution in [1.82, 2.24) is 9.30 Å². The molecule has 246 valence electrons. The maximum Gasteiger partial charge on any atom is 0.333 e. The minimum absolute atomic E-state index is 0.105. The van der Waals surface area contributed by atoms with E-state index in [0.29, 0.717) is 27.9 Å². The van der Waals surface area contributed by atoms with Crippen molar-refractivity contribution >= 4 is 42.8 Å². The van der Waals surface area contributed by atoms with Gasteiger partial charge in [0.25, 0.3) is 10.1 Å². The molecule has 0 amide bonds. The minimum Gasteiger partial charge on any atom is -0.461 e. The highest BCUT2D eigenvalue weighted by molar-refractivity contribution is 7.89. The molecule has 2 aromatic rings. The van der Waals surface area contributed by atoms with Crippen LogP contribution in [0.5, 0.6) is 0 Å². The summed E-state index contributed by atoms with van der Waals surface area (Å²) in [5.41, 5.74) is 2.73. The number of hydrogen-bond acceptors (Lipinski definition) is 8. The molecule has 11 nitrogen and oxygen atoms in total. The third-order valence-corrected chi connectivity index (χ3v) is 10.1. The molecule has 2 aromatic carbocycles. The highest BCUT2D eigenvalue weighted by atomic mass is 32.2. The molecule has 0 fully saturated rings. The predicted molar refractivity (Wildman–Crippen MR) is 179 cm³/mol. The van der Waals surface area contributed by atoms with Crippen molar-refractivity contribution in [3.63, 3.8) is 0 Å². The number of fused-ring (bicyclic) bond motifs is 2. The fraction of sp³-hybridized carbons (Fsp3) is 0.333. The van der Waals surface area contributed by atoms with Crippen LogP contribution in [0.2, 0.25) is 0 Å². The number of benzene rings is 3. The maximum absolute atomic E-state index is 13.1. The Balaban J connectivity index is 1.95. The molecule has 13 heteroatoms. The Labute approximate surface area is 270 Å². The topological polar surface area (TPSA) is 146 Å². The van der Waals surface area contributed by atoms with Crippen molar-refractivity contribution in [3.05, 3.63) is 72.1 Å². The first-order chi connectivity index (χ1) is 21.7. The first-order valence-corrected chi connectivity index (χ1v) is 18.0. The van der Waals surface area contributed by atoms with Crippen LogP contribution in [-0.4, -0.2) is 66.7 Å². The van der Waals surface area contributed by atoms with Gasteiger partial charge in [0.15, 0.2) is 0 Å². The summed E-state index contributed by atoms with van der Waals surface area (Å²) in [6.07, 6.45) is 0. The number of anilines is 1. The molecule has 1 heterocycles. The number of hydrogen-bond donors (Lipinski definition) is 2. The number of ether oxygens (including phenoxy) is 1. The van der Waals surface area contributed by atoms with Crippen molar-refractivity contribution in [3.8, 4) is 22.5 Å². The van der Waals surface area contributed by atoms with Crippen LogP contribution in [0.15, 0.2) is 81.0 Å². The first kappa shape index (κ1) is 34.8. The van der Waals surface area contributed by atoms with E-state index >= 15 is 0 Å². The summed E-state index contributed by atoms with van der Waals surface area (Å²) >= 11 is 0. The molecule has 0 unspecified atom stereocenters. The molecule has 1 aliphatic carbocycles. The molecule has 0 spiro atoms. The van der Waals surface area contributed by atoms with E-state index < -0.39 is 35.9 Å². The molecule has 1 aliphatic heterocycles. The zero-order valence-corrected chi connectivity index (χ0v) is 28.3. The number of rotatable bonds is 13. The molecule has 4 rings (SSSR count). The second kappa shape index (κ2) is 14.2. The molecule has 2 N–H and O–H groups in total.